The zero-order valence-electron chi connectivity index (χ0n) is 15.8. The van der Waals surface area contributed by atoms with Crippen molar-refractivity contribution in [3.63, 3.8) is 0 Å². The first-order valence-corrected chi connectivity index (χ1v) is 10.00. The van der Waals surface area contributed by atoms with Crippen LogP contribution in [0.4, 0.5) is 5.69 Å². The minimum atomic E-state index is -0.306. The molecule has 0 bridgehead atoms. The van der Waals surface area contributed by atoms with Crippen LogP contribution in [0.2, 0.25) is 0 Å². The summed E-state index contributed by atoms with van der Waals surface area (Å²) in [6.45, 7) is 3.66. The van der Waals surface area contributed by atoms with E-state index in [1.807, 2.05) is 31.2 Å². The van der Waals surface area contributed by atoms with Crippen LogP contribution in [0.25, 0.3) is 0 Å². The summed E-state index contributed by atoms with van der Waals surface area (Å²) >= 11 is 8.64. The van der Waals surface area contributed by atoms with Gasteiger partial charge in [0.25, 0.3) is 5.91 Å². The molecule has 0 saturated carbocycles. The highest BCUT2D eigenvalue weighted by molar-refractivity contribution is 9.10. The molecule has 28 heavy (non-hydrogen) atoms. The number of benzene rings is 2. The van der Waals surface area contributed by atoms with Crippen LogP contribution in [0.1, 0.15) is 23.7 Å². The topological polar surface area (TPSA) is 68.8 Å². The van der Waals surface area contributed by atoms with Gasteiger partial charge in [0.15, 0.2) is 5.11 Å². The third-order valence-corrected chi connectivity index (χ3v) is 4.38. The molecule has 0 aliphatic heterocycles. The molecule has 2 aromatic rings. The van der Waals surface area contributed by atoms with Gasteiger partial charge in [-0.3, -0.25) is 10.1 Å². The van der Waals surface area contributed by atoms with Gasteiger partial charge in [0.05, 0.1) is 17.7 Å². The van der Waals surface area contributed by atoms with Crippen molar-refractivity contribution in [2.45, 2.75) is 13.3 Å². The number of carbonyl (C=O) groups is 1. The maximum Gasteiger partial charge on any atom is 0.257 e. The highest BCUT2D eigenvalue weighted by Gasteiger charge is 2.11. The van der Waals surface area contributed by atoms with Crippen LogP contribution in [0.15, 0.2) is 46.9 Å². The summed E-state index contributed by atoms with van der Waals surface area (Å²) in [6, 6.07) is 12.4. The van der Waals surface area contributed by atoms with Crippen LogP contribution < -0.4 is 20.1 Å². The second-order valence-electron chi connectivity index (χ2n) is 5.77. The van der Waals surface area contributed by atoms with E-state index in [9.17, 15) is 4.79 Å². The summed E-state index contributed by atoms with van der Waals surface area (Å²) in [5.74, 6) is 1.12. The Labute approximate surface area is 178 Å². The van der Waals surface area contributed by atoms with Crippen molar-refractivity contribution >= 4 is 44.9 Å². The number of amides is 1. The third-order valence-electron chi connectivity index (χ3n) is 3.55. The lowest BCUT2D eigenvalue weighted by Crippen LogP contribution is -2.34. The number of thiocarbonyl (C=S) groups is 1. The molecule has 0 aliphatic carbocycles. The van der Waals surface area contributed by atoms with E-state index in [4.69, 9.17) is 26.4 Å². The second-order valence-corrected chi connectivity index (χ2v) is 7.03. The fourth-order valence-electron chi connectivity index (χ4n) is 2.19. The number of hydrogen-bond donors (Lipinski definition) is 2. The van der Waals surface area contributed by atoms with Crippen molar-refractivity contribution in [2.24, 2.45) is 0 Å². The summed E-state index contributed by atoms with van der Waals surface area (Å²) < 4.78 is 16.8. The fraction of sp³-hybridized carbons (Fsp3) is 0.300. The van der Waals surface area contributed by atoms with Crippen LogP contribution in [-0.2, 0) is 4.74 Å². The zero-order chi connectivity index (χ0) is 20.4. The van der Waals surface area contributed by atoms with Gasteiger partial charge in [-0.05, 0) is 77.0 Å². The average Bonchev–Trinajstić information content (AvgIpc) is 2.68. The van der Waals surface area contributed by atoms with Crippen molar-refractivity contribution in [1.82, 2.24) is 5.32 Å². The molecule has 6 nitrogen and oxygen atoms in total. The second kappa shape index (κ2) is 11.6. The van der Waals surface area contributed by atoms with Crippen LogP contribution >= 0.6 is 28.1 Å². The quantitative estimate of drug-likeness (QED) is 0.421. The first kappa shape index (κ1) is 22.1. The third kappa shape index (κ3) is 7.10. The maximum absolute atomic E-state index is 12.4. The number of halogens is 1. The molecule has 0 unspecified atom stereocenters. The van der Waals surface area contributed by atoms with Crippen molar-refractivity contribution in [3.8, 4) is 11.5 Å². The Morgan fingerprint density at radius 1 is 1.07 bits per heavy atom. The molecule has 0 saturated heterocycles. The standard InChI is InChI=1S/C20H23BrN2O4S/c1-3-10-27-18-9-4-14(13-17(18)21)19(24)23-20(28)22-15-5-7-16(8-6-15)26-12-11-25-2/h4-9,13H,3,10-12H2,1-2H3,(H2,22,23,24,28). The van der Waals surface area contributed by atoms with Crippen LogP contribution in [0.3, 0.4) is 0 Å². The average molecular weight is 467 g/mol. The fourth-order valence-corrected chi connectivity index (χ4v) is 2.89. The van der Waals surface area contributed by atoms with Gasteiger partial charge >= 0.3 is 0 Å². The monoisotopic (exact) mass is 466 g/mol. The van der Waals surface area contributed by atoms with Crippen molar-refractivity contribution in [1.29, 1.82) is 0 Å². The Balaban J connectivity index is 1.88. The van der Waals surface area contributed by atoms with Crippen LogP contribution in [0.5, 0.6) is 11.5 Å². The van der Waals surface area contributed by atoms with E-state index in [1.54, 1.807) is 25.3 Å². The Morgan fingerprint density at radius 3 is 2.46 bits per heavy atom. The molecule has 0 aromatic heterocycles. The Bertz CT molecular complexity index is 799. The summed E-state index contributed by atoms with van der Waals surface area (Å²) in [6.07, 6.45) is 0.912. The van der Waals surface area contributed by atoms with Crippen molar-refractivity contribution in [2.75, 3.05) is 32.2 Å². The highest BCUT2D eigenvalue weighted by atomic mass is 79.9. The summed E-state index contributed by atoms with van der Waals surface area (Å²) in [7, 11) is 1.62. The van der Waals surface area contributed by atoms with E-state index in [0.29, 0.717) is 31.1 Å². The van der Waals surface area contributed by atoms with E-state index in [-0.39, 0.29) is 11.0 Å². The van der Waals surface area contributed by atoms with Gasteiger partial charge in [0.1, 0.15) is 18.1 Å². The van der Waals surface area contributed by atoms with Gasteiger partial charge in [-0.15, -0.1) is 0 Å². The molecule has 0 fully saturated rings. The molecule has 2 aromatic carbocycles. The molecule has 150 valence electrons. The maximum atomic E-state index is 12.4. The lowest BCUT2D eigenvalue weighted by Gasteiger charge is -2.12. The smallest absolute Gasteiger partial charge is 0.257 e. The molecule has 0 atom stereocenters. The number of rotatable bonds is 9. The summed E-state index contributed by atoms with van der Waals surface area (Å²) in [4.78, 5) is 12.4. The Kier molecular flexibility index (Phi) is 9.19. The molecule has 0 heterocycles. The summed E-state index contributed by atoms with van der Waals surface area (Å²) in [5, 5.41) is 5.85. The predicted octanol–water partition coefficient (Wildman–Crippen LogP) is 4.39. The largest absolute Gasteiger partial charge is 0.492 e. The molecule has 0 aliphatic rings. The number of hydrogen-bond acceptors (Lipinski definition) is 5. The molecule has 0 spiro atoms. The van der Waals surface area contributed by atoms with E-state index in [2.05, 4.69) is 26.6 Å². The SMILES string of the molecule is CCCOc1ccc(C(=O)NC(=S)Nc2ccc(OCCOC)cc2)cc1Br. The summed E-state index contributed by atoms with van der Waals surface area (Å²) in [5.41, 5.74) is 1.22. The predicted molar refractivity (Wildman–Crippen MR) is 117 cm³/mol. The number of carbonyl (C=O) groups excluding carboxylic acids is 1. The van der Waals surface area contributed by atoms with E-state index < -0.39 is 0 Å². The first-order chi connectivity index (χ1) is 13.5. The number of methoxy groups -OCH3 is 1. The van der Waals surface area contributed by atoms with Crippen LogP contribution in [0, 0.1) is 0 Å². The molecule has 2 rings (SSSR count). The van der Waals surface area contributed by atoms with Gasteiger partial charge in [-0.2, -0.15) is 0 Å². The molecule has 8 heteroatoms. The van der Waals surface area contributed by atoms with Gasteiger partial charge in [0.2, 0.25) is 0 Å². The Morgan fingerprint density at radius 2 is 1.82 bits per heavy atom. The number of ether oxygens (including phenoxy) is 3. The van der Waals surface area contributed by atoms with Gasteiger partial charge in [0, 0.05) is 18.4 Å². The molecule has 2 N–H and O–H groups in total. The number of anilines is 1. The van der Waals surface area contributed by atoms with E-state index >= 15 is 0 Å². The minimum Gasteiger partial charge on any atom is -0.492 e. The molecule has 1 amide bonds. The van der Waals surface area contributed by atoms with Crippen LogP contribution in [-0.4, -0.2) is 38.0 Å². The molecular weight excluding hydrogens is 444 g/mol. The van der Waals surface area contributed by atoms with E-state index in [0.717, 1.165) is 22.3 Å². The molecule has 0 radical (unpaired) electrons. The first-order valence-electron chi connectivity index (χ1n) is 8.80. The number of nitrogens with one attached hydrogen (secondary N) is 2. The Hall–Kier alpha value is -2.16. The highest BCUT2D eigenvalue weighted by Crippen LogP contribution is 2.26. The zero-order valence-corrected chi connectivity index (χ0v) is 18.2. The normalized spacial score (nSPS) is 10.2. The van der Waals surface area contributed by atoms with Crippen molar-refractivity contribution in [3.05, 3.63) is 52.5 Å². The van der Waals surface area contributed by atoms with E-state index in [1.165, 1.54) is 0 Å². The minimum absolute atomic E-state index is 0.209. The lowest BCUT2D eigenvalue weighted by atomic mass is 10.2. The van der Waals surface area contributed by atoms with Crippen molar-refractivity contribution < 1.29 is 19.0 Å². The lowest BCUT2D eigenvalue weighted by molar-refractivity contribution is 0.0977. The van der Waals surface area contributed by atoms with Gasteiger partial charge in [-0.1, -0.05) is 6.92 Å². The van der Waals surface area contributed by atoms with Gasteiger partial charge < -0.3 is 19.5 Å². The molecular formula is C20H23BrN2O4S. The van der Waals surface area contributed by atoms with Gasteiger partial charge in [-0.25, -0.2) is 0 Å².